The molecule has 1 fully saturated rings. The molecule has 96 valence electrons. The third-order valence-electron chi connectivity index (χ3n) is 2.30. The highest BCUT2D eigenvalue weighted by atomic mass is 79.9. The van der Waals surface area contributed by atoms with Crippen molar-refractivity contribution >= 4 is 33.6 Å². The van der Waals surface area contributed by atoms with Crippen molar-refractivity contribution in [3.05, 3.63) is 28.7 Å². The van der Waals surface area contributed by atoms with E-state index in [0.29, 0.717) is 5.69 Å². The van der Waals surface area contributed by atoms with Gasteiger partial charge in [0.15, 0.2) is 0 Å². The summed E-state index contributed by atoms with van der Waals surface area (Å²) in [4.78, 5) is 23.4. The summed E-state index contributed by atoms with van der Waals surface area (Å²) in [5, 5.41) is 2.78. The first kappa shape index (κ1) is 12.9. The summed E-state index contributed by atoms with van der Waals surface area (Å²) < 4.78 is 10.8. The monoisotopic (exact) mass is 313 g/mol. The Balaban J connectivity index is 2.15. The summed E-state index contributed by atoms with van der Waals surface area (Å²) in [6.45, 7) is 3.02. The molecule has 1 heterocycles. The molecule has 0 unspecified atom stereocenters. The van der Waals surface area contributed by atoms with Gasteiger partial charge in [-0.1, -0.05) is 22.0 Å². The van der Waals surface area contributed by atoms with Gasteiger partial charge in [-0.15, -0.1) is 0 Å². The quantitative estimate of drug-likeness (QED) is 0.669. The average Bonchev–Trinajstić information content (AvgIpc) is 2.22. The van der Waals surface area contributed by atoms with Gasteiger partial charge in [0.2, 0.25) is 6.04 Å². The number of esters is 2. The van der Waals surface area contributed by atoms with E-state index in [9.17, 15) is 9.59 Å². The molecule has 0 spiro atoms. The van der Waals surface area contributed by atoms with E-state index in [2.05, 4.69) is 21.2 Å². The molecule has 6 heteroatoms. The number of nitrogens with one attached hydrogen (secondary N) is 1. The van der Waals surface area contributed by atoms with E-state index in [0.717, 1.165) is 4.47 Å². The standard InChI is InChI=1S/C12H12BrNO4/c1-12(2)17-10(15)9(11(16)18-12)14-8-5-3-4-7(13)6-8/h3-6,9,14H,1-2H3. The van der Waals surface area contributed by atoms with Crippen LogP contribution in [-0.4, -0.2) is 23.8 Å². The molecule has 0 bridgehead atoms. The van der Waals surface area contributed by atoms with Gasteiger partial charge in [0.1, 0.15) is 0 Å². The second kappa shape index (κ2) is 4.61. The van der Waals surface area contributed by atoms with Gasteiger partial charge < -0.3 is 14.8 Å². The van der Waals surface area contributed by atoms with Crippen LogP contribution in [0.25, 0.3) is 0 Å². The Bertz CT molecular complexity index is 481. The minimum atomic E-state index is -1.20. The van der Waals surface area contributed by atoms with Gasteiger partial charge in [0, 0.05) is 24.0 Å². The summed E-state index contributed by atoms with van der Waals surface area (Å²) in [5.74, 6) is -2.49. The minimum Gasteiger partial charge on any atom is -0.421 e. The summed E-state index contributed by atoms with van der Waals surface area (Å²) in [5.41, 5.74) is 0.628. The van der Waals surface area contributed by atoms with E-state index in [-0.39, 0.29) is 0 Å². The van der Waals surface area contributed by atoms with Crippen molar-refractivity contribution in [2.75, 3.05) is 5.32 Å². The van der Waals surface area contributed by atoms with E-state index in [1.807, 2.05) is 6.07 Å². The maximum Gasteiger partial charge on any atom is 0.343 e. The Morgan fingerprint density at radius 3 is 2.39 bits per heavy atom. The van der Waals surface area contributed by atoms with E-state index in [1.54, 1.807) is 18.2 Å². The van der Waals surface area contributed by atoms with Gasteiger partial charge in [-0.2, -0.15) is 0 Å². The number of carbonyl (C=O) groups excluding carboxylic acids is 2. The van der Waals surface area contributed by atoms with Gasteiger partial charge in [-0.05, 0) is 18.2 Å². The minimum absolute atomic E-state index is 0.628. The number of hydrogen-bond donors (Lipinski definition) is 1. The Morgan fingerprint density at radius 2 is 1.83 bits per heavy atom. The number of cyclic esters (lactones) is 2. The zero-order chi connectivity index (χ0) is 13.3. The molecule has 1 N–H and O–H groups in total. The van der Waals surface area contributed by atoms with Crippen LogP contribution >= 0.6 is 15.9 Å². The molecule has 18 heavy (non-hydrogen) atoms. The lowest BCUT2D eigenvalue weighted by atomic mass is 10.2. The first-order valence-electron chi connectivity index (χ1n) is 5.35. The number of carbonyl (C=O) groups is 2. The van der Waals surface area contributed by atoms with Crippen molar-refractivity contribution in [1.29, 1.82) is 0 Å². The fourth-order valence-corrected chi connectivity index (χ4v) is 1.98. The van der Waals surface area contributed by atoms with Crippen LogP contribution in [0.15, 0.2) is 28.7 Å². The van der Waals surface area contributed by atoms with E-state index in [4.69, 9.17) is 9.47 Å². The molecule has 1 saturated heterocycles. The predicted octanol–water partition coefficient (Wildman–Crippen LogP) is 2.07. The van der Waals surface area contributed by atoms with Crippen LogP contribution in [0.3, 0.4) is 0 Å². The Morgan fingerprint density at radius 1 is 1.22 bits per heavy atom. The molecule has 5 nitrogen and oxygen atoms in total. The Labute approximate surface area is 113 Å². The van der Waals surface area contributed by atoms with Gasteiger partial charge in [-0.25, -0.2) is 9.59 Å². The first-order valence-corrected chi connectivity index (χ1v) is 6.14. The molecule has 0 aromatic heterocycles. The molecule has 1 aliphatic rings. The highest BCUT2D eigenvalue weighted by molar-refractivity contribution is 9.10. The van der Waals surface area contributed by atoms with Crippen molar-refractivity contribution in [3.8, 4) is 0 Å². The van der Waals surface area contributed by atoms with E-state index in [1.165, 1.54) is 13.8 Å². The molecule has 1 aromatic carbocycles. The lowest BCUT2D eigenvalue weighted by molar-refractivity contribution is -0.232. The normalized spacial score (nSPS) is 19.1. The number of rotatable bonds is 2. The van der Waals surface area contributed by atoms with Crippen LogP contribution in [0.2, 0.25) is 0 Å². The van der Waals surface area contributed by atoms with Crippen molar-refractivity contribution in [2.24, 2.45) is 0 Å². The molecule has 0 atom stereocenters. The maximum atomic E-state index is 11.7. The number of hydrogen-bond acceptors (Lipinski definition) is 5. The number of ether oxygens (including phenoxy) is 2. The fourth-order valence-electron chi connectivity index (χ4n) is 1.58. The summed E-state index contributed by atoms with van der Waals surface area (Å²) in [6.07, 6.45) is 0. The van der Waals surface area contributed by atoms with Gasteiger partial charge in [-0.3, -0.25) is 0 Å². The maximum absolute atomic E-state index is 11.7. The van der Waals surface area contributed by atoms with Crippen LogP contribution < -0.4 is 5.32 Å². The van der Waals surface area contributed by atoms with Crippen molar-refractivity contribution < 1.29 is 19.1 Å². The Kier molecular flexibility index (Phi) is 3.30. The third-order valence-corrected chi connectivity index (χ3v) is 2.79. The lowest BCUT2D eigenvalue weighted by Gasteiger charge is -2.33. The second-order valence-electron chi connectivity index (χ2n) is 4.33. The van der Waals surface area contributed by atoms with E-state index < -0.39 is 23.8 Å². The molecule has 0 radical (unpaired) electrons. The van der Waals surface area contributed by atoms with Crippen molar-refractivity contribution in [1.82, 2.24) is 0 Å². The summed E-state index contributed by atoms with van der Waals surface area (Å²) in [6, 6.07) is 5.99. The van der Waals surface area contributed by atoms with Crippen LogP contribution in [0.4, 0.5) is 5.69 Å². The number of anilines is 1. The molecular weight excluding hydrogens is 302 g/mol. The highest BCUT2D eigenvalue weighted by Gasteiger charge is 2.43. The molecular formula is C12H12BrNO4. The third kappa shape index (κ3) is 2.81. The molecule has 1 aliphatic heterocycles. The van der Waals surface area contributed by atoms with Gasteiger partial charge in [0.25, 0.3) is 5.79 Å². The lowest BCUT2D eigenvalue weighted by Crippen LogP contribution is -2.52. The van der Waals surface area contributed by atoms with Crippen LogP contribution in [0, 0.1) is 0 Å². The zero-order valence-corrected chi connectivity index (χ0v) is 11.5. The molecule has 1 aromatic rings. The van der Waals surface area contributed by atoms with E-state index >= 15 is 0 Å². The number of halogens is 1. The Hall–Kier alpha value is -1.56. The van der Waals surface area contributed by atoms with Crippen molar-refractivity contribution in [3.63, 3.8) is 0 Å². The van der Waals surface area contributed by atoms with Crippen LogP contribution in [-0.2, 0) is 19.1 Å². The van der Waals surface area contributed by atoms with Crippen LogP contribution in [0.1, 0.15) is 13.8 Å². The predicted molar refractivity (Wildman–Crippen MR) is 67.8 cm³/mol. The topological polar surface area (TPSA) is 64.6 Å². The SMILES string of the molecule is CC1(C)OC(=O)C(Nc2cccc(Br)c2)C(=O)O1. The average molecular weight is 314 g/mol. The van der Waals surface area contributed by atoms with Gasteiger partial charge in [0.05, 0.1) is 0 Å². The number of benzene rings is 1. The second-order valence-corrected chi connectivity index (χ2v) is 5.25. The van der Waals surface area contributed by atoms with Crippen molar-refractivity contribution in [2.45, 2.75) is 25.7 Å². The summed E-state index contributed by atoms with van der Waals surface area (Å²) in [7, 11) is 0. The zero-order valence-electron chi connectivity index (χ0n) is 9.90. The van der Waals surface area contributed by atoms with Gasteiger partial charge >= 0.3 is 11.9 Å². The molecule has 2 rings (SSSR count). The largest absolute Gasteiger partial charge is 0.421 e. The van der Waals surface area contributed by atoms with Crippen LogP contribution in [0.5, 0.6) is 0 Å². The fraction of sp³-hybridized carbons (Fsp3) is 0.333. The molecule has 0 amide bonds. The molecule has 0 aliphatic carbocycles. The highest BCUT2D eigenvalue weighted by Crippen LogP contribution is 2.23. The summed E-state index contributed by atoms with van der Waals surface area (Å²) >= 11 is 3.30. The first-order chi connectivity index (χ1) is 8.37. The smallest absolute Gasteiger partial charge is 0.343 e. The molecule has 0 saturated carbocycles.